The van der Waals surface area contributed by atoms with Crippen molar-refractivity contribution >= 4 is 0 Å². The quantitative estimate of drug-likeness (QED) is 0.553. The van der Waals surface area contributed by atoms with Crippen LogP contribution in [0.2, 0.25) is 0 Å². The van der Waals surface area contributed by atoms with E-state index in [0.29, 0.717) is 17.3 Å². The molecule has 0 aliphatic heterocycles. The molecule has 0 amide bonds. The summed E-state index contributed by atoms with van der Waals surface area (Å²) in [5, 5.41) is 0. The van der Waals surface area contributed by atoms with E-state index in [1.165, 1.54) is 5.57 Å². The minimum absolute atomic E-state index is 0.382. The molecule has 0 aromatic carbocycles. The van der Waals surface area contributed by atoms with Crippen LogP contribution in [0.25, 0.3) is 0 Å². The standard InChI is InChI=1S/C12H20/c1-9(2)10-6-7-11(8-10)12(3,4)5/h6-9,11H,1-5H3. The van der Waals surface area contributed by atoms with E-state index in [1.807, 2.05) is 0 Å². The van der Waals surface area contributed by atoms with Crippen molar-refractivity contribution in [2.75, 3.05) is 0 Å². The van der Waals surface area contributed by atoms with E-state index in [0.717, 1.165) is 0 Å². The summed E-state index contributed by atoms with van der Waals surface area (Å²) in [6, 6.07) is 0. The number of allylic oxidation sites excluding steroid dienone is 4. The molecule has 0 nitrogen and oxygen atoms in total. The summed E-state index contributed by atoms with van der Waals surface area (Å²) in [5.74, 6) is 1.31. The highest BCUT2D eigenvalue weighted by Gasteiger charge is 2.23. The number of hydrogen-bond donors (Lipinski definition) is 0. The van der Waals surface area contributed by atoms with Crippen molar-refractivity contribution in [3.63, 3.8) is 0 Å². The first kappa shape index (κ1) is 9.57. The Balaban J connectivity index is 2.74. The molecule has 0 radical (unpaired) electrons. The molecule has 0 aromatic rings. The molecule has 1 atom stereocenters. The molecule has 0 heterocycles. The van der Waals surface area contributed by atoms with Gasteiger partial charge in [0.05, 0.1) is 0 Å². The molecule has 1 rings (SSSR count). The fourth-order valence-electron chi connectivity index (χ4n) is 1.46. The van der Waals surface area contributed by atoms with Gasteiger partial charge in [-0.05, 0) is 16.9 Å². The van der Waals surface area contributed by atoms with Gasteiger partial charge in [0.25, 0.3) is 0 Å². The van der Waals surface area contributed by atoms with E-state index in [4.69, 9.17) is 0 Å². The van der Waals surface area contributed by atoms with Crippen LogP contribution in [0.15, 0.2) is 23.8 Å². The van der Waals surface area contributed by atoms with Crippen molar-refractivity contribution in [2.45, 2.75) is 34.6 Å². The molecule has 0 bridgehead atoms. The van der Waals surface area contributed by atoms with Gasteiger partial charge in [0.1, 0.15) is 0 Å². The lowest BCUT2D eigenvalue weighted by atomic mass is 9.81. The average molecular weight is 164 g/mol. The first-order valence-electron chi connectivity index (χ1n) is 4.81. The topological polar surface area (TPSA) is 0 Å². The van der Waals surface area contributed by atoms with Crippen molar-refractivity contribution in [2.24, 2.45) is 17.3 Å². The van der Waals surface area contributed by atoms with E-state index >= 15 is 0 Å². The summed E-state index contributed by atoms with van der Waals surface area (Å²) in [6.07, 6.45) is 7.01. The van der Waals surface area contributed by atoms with Gasteiger partial charge in [-0.1, -0.05) is 52.8 Å². The molecule has 12 heavy (non-hydrogen) atoms. The van der Waals surface area contributed by atoms with Crippen molar-refractivity contribution in [1.29, 1.82) is 0 Å². The van der Waals surface area contributed by atoms with Crippen LogP contribution >= 0.6 is 0 Å². The zero-order chi connectivity index (χ0) is 9.35. The predicted octanol–water partition coefficient (Wildman–Crippen LogP) is 3.80. The molecular weight excluding hydrogens is 144 g/mol. The third kappa shape index (κ3) is 2.00. The van der Waals surface area contributed by atoms with E-state index in [2.05, 4.69) is 52.8 Å². The van der Waals surface area contributed by atoms with E-state index in [-0.39, 0.29) is 0 Å². The molecule has 68 valence electrons. The summed E-state index contributed by atoms with van der Waals surface area (Å²) in [6.45, 7) is 11.4. The molecule has 0 saturated heterocycles. The van der Waals surface area contributed by atoms with Crippen molar-refractivity contribution < 1.29 is 0 Å². The van der Waals surface area contributed by atoms with Gasteiger partial charge in [-0.3, -0.25) is 0 Å². The van der Waals surface area contributed by atoms with Gasteiger partial charge in [0.2, 0.25) is 0 Å². The molecule has 0 spiro atoms. The highest BCUT2D eigenvalue weighted by atomic mass is 14.3. The second-order valence-corrected chi connectivity index (χ2v) is 5.07. The summed E-state index contributed by atoms with van der Waals surface area (Å²) >= 11 is 0. The summed E-state index contributed by atoms with van der Waals surface area (Å²) < 4.78 is 0. The van der Waals surface area contributed by atoms with Crippen LogP contribution in [-0.4, -0.2) is 0 Å². The summed E-state index contributed by atoms with van der Waals surface area (Å²) in [4.78, 5) is 0. The molecule has 1 aliphatic rings. The Hall–Kier alpha value is -0.520. The molecule has 0 fully saturated rings. The second-order valence-electron chi connectivity index (χ2n) is 5.07. The molecule has 0 saturated carbocycles. The normalized spacial score (nSPS) is 23.5. The van der Waals surface area contributed by atoms with Gasteiger partial charge in [-0.25, -0.2) is 0 Å². The van der Waals surface area contributed by atoms with Gasteiger partial charge in [-0.15, -0.1) is 0 Å². The zero-order valence-electron chi connectivity index (χ0n) is 8.89. The second kappa shape index (κ2) is 3.08. The lowest BCUT2D eigenvalue weighted by Crippen LogP contribution is -2.14. The first-order valence-corrected chi connectivity index (χ1v) is 4.81. The zero-order valence-corrected chi connectivity index (χ0v) is 8.89. The molecule has 0 heteroatoms. The maximum atomic E-state index is 2.41. The smallest absolute Gasteiger partial charge is 0.000426 e. The van der Waals surface area contributed by atoms with Crippen LogP contribution in [0.5, 0.6) is 0 Å². The minimum atomic E-state index is 0.382. The Kier molecular flexibility index (Phi) is 2.46. The number of hydrogen-bond acceptors (Lipinski definition) is 0. The van der Waals surface area contributed by atoms with Crippen LogP contribution in [0, 0.1) is 17.3 Å². The van der Waals surface area contributed by atoms with E-state index in [9.17, 15) is 0 Å². The molecule has 0 N–H and O–H groups in total. The Morgan fingerprint density at radius 2 is 1.83 bits per heavy atom. The third-order valence-corrected chi connectivity index (χ3v) is 2.53. The molecule has 0 aromatic heterocycles. The maximum absolute atomic E-state index is 2.41. The molecule has 1 aliphatic carbocycles. The largest absolute Gasteiger partial charge is 0.0768 e. The van der Waals surface area contributed by atoms with E-state index in [1.54, 1.807) is 0 Å². The number of rotatable bonds is 1. The van der Waals surface area contributed by atoms with Crippen LogP contribution in [0.3, 0.4) is 0 Å². The minimum Gasteiger partial charge on any atom is -0.0768 e. The monoisotopic (exact) mass is 164 g/mol. The van der Waals surface area contributed by atoms with Crippen LogP contribution in [0.1, 0.15) is 34.6 Å². The Labute approximate surface area is 76.4 Å². The lowest BCUT2D eigenvalue weighted by molar-refractivity contribution is 0.345. The van der Waals surface area contributed by atoms with Crippen LogP contribution < -0.4 is 0 Å². The molecule has 1 unspecified atom stereocenters. The van der Waals surface area contributed by atoms with Gasteiger partial charge in [0.15, 0.2) is 0 Å². The Bertz CT molecular complexity index is 211. The van der Waals surface area contributed by atoms with Gasteiger partial charge in [-0.2, -0.15) is 0 Å². The summed E-state index contributed by atoms with van der Waals surface area (Å²) in [5.41, 5.74) is 1.88. The Morgan fingerprint density at radius 1 is 1.25 bits per heavy atom. The van der Waals surface area contributed by atoms with Crippen molar-refractivity contribution in [1.82, 2.24) is 0 Å². The third-order valence-electron chi connectivity index (χ3n) is 2.53. The van der Waals surface area contributed by atoms with Gasteiger partial charge < -0.3 is 0 Å². The predicted molar refractivity (Wildman–Crippen MR) is 55.0 cm³/mol. The van der Waals surface area contributed by atoms with Crippen LogP contribution in [0.4, 0.5) is 0 Å². The highest BCUT2D eigenvalue weighted by Crippen LogP contribution is 2.34. The first-order chi connectivity index (χ1) is 5.41. The molecular formula is C12H20. The summed E-state index contributed by atoms with van der Waals surface area (Å²) in [7, 11) is 0. The van der Waals surface area contributed by atoms with Crippen LogP contribution in [-0.2, 0) is 0 Å². The Morgan fingerprint density at radius 3 is 2.08 bits per heavy atom. The van der Waals surface area contributed by atoms with Gasteiger partial charge in [0, 0.05) is 5.92 Å². The van der Waals surface area contributed by atoms with Crippen molar-refractivity contribution in [3.8, 4) is 0 Å². The van der Waals surface area contributed by atoms with Gasteiger partial charge >= 0.3 is 0 Å². The maximum Gasteiger partial charge on any atom is 0.000426 e. The highest BCUT2D eigenvalue weighted by molar-refractivity contribution is 5.31. The fraction of sp³-hybridized carbons (Fsp3) is 0.667. The fourth-order valence-corrected chi connectivity index (χ4v) is 1.46. The lowest BCUT2D eigenvalue weighted by Gasteiger charge is -2.23. The van der Waals surface area contributed by atoms with Crippen molar-refractivity contribution in [3.05, 3.63) is 23.8 Å². The SMILES string of the molecule is CC(C)C1=CC(C(C)(C)C)C=C1. The van der Waals surface area contributed by atoms with E-state index < -0.39 is 0 Å². The average Bonchev–Trinajstić information content (AvgIpc) is 2.30.